The van der Waals surface area contributed by atoms with Crippen LogP contribution in [0.5, 0.6) is 0 Å². The van der Waals surface area contributed by atoms with Gasteiger partial charge in [-0.2, -0.15) is 0 Å². The molecule has 2 heterocycles. The maximum Gasteiger partial charge on any atom is 0.327 e. The highest BCUT2D eigenvalue weighted by atomic mass is 79.9. The first-order valence-corrected chi connectivity index (χ1v) is 6.77. The molecule has 90 valence electrons. The predicted molar refractivity (Wildman–Crippen MR) is 66.9 cm³/mol. The number of hydrogen-bond acceptors (Lipinski definition) is 4. The number of carboxylic acid groups (broad SMARTS) is 1. The molecule has 1 N–H and O–H groups in total. The van der Waals surface area contributed by atoms with Crippen molar-refractivity contribution in [3.8, 4) is 0 Å². The van der Waals surface area contributed by atoms with E-state index in [1.807, 2.05) is 0 Å². The standard InChI is InChI=1S/C10H9BrN2O3S/c11-8-2-1-6(3-12-8)9(14)13-5-17-4-7(13)10(15)16/h1-3,7H,4-5H2,(H,15,16). The maximum atomic E-state index is 12.1. The second-order valence-electron chi connectivity index (χ2n) is 3.50. The summed E-state index contributed by atoms with van der Waals surface area (Å²) >= 11 is 4.62. The molecule has 0 saturated carbocycles. The van der Waals surface area contributed by atoms with Crippen LogP contribution in [0.2, 0.25) is 0 Å². The van der Waals surface area contributed by atoms with Crippen LogP contribution in [0.1, 0.15) is 10.4 Å². The molecule has 0 spiro atoms. The Labute approximate surface area is 110 Å². The number of rotatable bonds is 2. The third-order valence-corrected chi connectivity index (χ3v) is 3.88. The molecule has 1 saturated heterocycles. The average Bonchev–Trinajstić information content (AvgIpc) is 2.78. The Kier molecular flexibility index (Phi) is 3.68. The summed E-state index contributed by atoms with van der Waals surface area (Å²) in [5.74, 6) is -0.410. The molecule has 1 aliphatic rings. The van der Waals surface area contributed by atoms with E-state index in [0.717, 1.165) is 0 Å². The van der Waals surface area contributed by atoms with Crippen molar-refractivity contribution in [2.75, 3.05) is 11.6 Å². The van der Waals surface area contributed by atoms with E-state index in [2.05, 4.69) is 20.9 Å². The minimum absolute atomic E-state index is 0.289. The van der Waals surface area contributed by atoms with Crippen molar-refractivity contribution in [2.24, 2.45) is 0 Å². The Morgan fingerprint density at radius 1 is 1.53 bits per heavy atom. The Morgan fingerprint density at radius 3 is 2.88 bits per heavy atom. The number of carbonyl (C=O) groups excluding carboxylic acids is 1. The molecule has 7 heteroatoms. The molecule has 1 aromatic heterocycles. The Balaban J connectivity index is 2.19. The fourth-order valence-corrected chi connectivity index (χ4v) is 2.90. The highest BCUT2D eigenvalue weighted by Crippen LogP contribution is 2.23. The van der Waals surface area contributed by atoms with E-state index in [0.29, 0.717) is 21.8 Å². The van der Waals surface area contributed by atoms with Gasteiger partial charge in [-0.15, -0.1) is 11.8 Å². The lowest BCUT2D eigenvalue weighted by Gasteiger charge is -2.20. The van der Waals surface area contributed by atoms with Gasteiger partial charge in [-0.1, -0.05) is 0 Å². The lowest BCUT2D eigenvalue weighted by atomic mass is 10.2. The number of halogens is 1. The van der Waals surface area contributed by atoms with Crippen LogP contribution in [-0.2, 0) is 4.79 Å². The monoisotopic (exact) mass is 316 g/mol. The molecule has 1 aromatic rings. The molecule has 1 fully saturated rings. The zero-order valence-corrected chi connectivity index (χ0v) is 11.1. The van der Waals surface area contributed by atoms with Crippen molar-refractivity contribution in [1.29, 1.82) is 0 Å². The molecule has 1 amide bonds. The minimum Gasteiger partial charge on any atom is -0.480 e. The first-order chi connectivity index (χ1) is 8.09. The van der Waals surface area contributed by atoms with Gasteiger partial charge in [0, 0.05) is 11.9 Å². The molecule has 1 atom stereocenters. The number of carboxylic acids is 1. The van der Waals surface area contributed by atoms with Crippen LogP contribution < -0.4 is 0 Å². The van der Waals surface area contributed by atoms with E-state index in [1.54, 1.807) is 12.1 Å². The van der Waals surface area contributed by atoms with Gasteiger partial charge in [0.1, 0.15) is 10.6 Å². The summed E-state index contributed by atoms with van der Waals surface area (Å²) in [7, 11) is 0. The molecule has 1 unspecified atom stereocenters. The number of carbonyl (C=O) groups is 2. The number of aromatic nitrogens is 1. The SMILES string of the molecule is O=C(O)C1CSCN1C(=O)c1ccc(Br)nc1. The van der Waals surface area contributed by atoms with Gasteiger partial charge in [0.05, 0.1) is 11.4 Å². The Morgan fingerprint density at radius 2 is 2.29 bits per heavy atom. The topological polar surface area (TPSA) is 70.5 Å². The van der Waals surface area contributed by atoms with E-state index in [9.17, 15) is 9.59 Å². The lowest BCUT2D eigenvalue weighted by molar-refractivity contribution is -0.140. The number of thioether (sulfide) groups is 1. The Hall–Kier alpha value is -1.08. The molecule has 17 heavy (non-hydrogen) atoms. The van der Waals surface area contributed by atoms with Gasteiger partial charge in [-0.05, 0) is 28.1 Å². The second kappa shape index (κ2) is 5.05. The molecular weight excluding hydrogens is 308 g/mol. The average molecular weight is 317 g/mol. The summed E-state index contributed by atoms with van der Waals surface area (Å²) in [6.07, 6.45) is 1.44. The smallest absolute Gasteiger partial charge is 0.327 e. The van der Waals surface area contributed by atoms with Crippen LogP contribution in [0.4, 0.5) is 0 Å². The predicted octanol–water partition coefficient (Wildman–Crippen LogP) is 1.44. The van der Waals surface area contributed by atoms with Gasteiger partial charge in [-0.3, -0.25) is 4.79 Å². The van der Waals surface area contributed by atoms with E-state index in [4.69, 9.17) is 5.11 Å². The third kappa shape index (κ3) is 2.61. The highest BCUT2D eigenvalue weighted by molar-refractivity contribution is 9.10. The van der Waals surface area contributed by atoms with Crippen LogP contribution in [0.25, 0.3) is 0 Å². The van der Waals surface area contributed by atoms with E-state index < -0.39 is 12.0 Å². The molecule has 0 bridgehead atoms. The van der Waals surface area contributed by atoms with Gasteiger partial charge >= 0.3 is 5.97 Å². The van der Waals surface area contributed by atoms with Crippen molar-refractivity contribution in [1.82, 2.24) is 9.88 Å². The molecule has 5 nitrogen and oxygen atoms in total. The van der Waals surface area contributed by atoms with E-state index in [1.165, 1.54) is 22.9 Å². The van der Waals surface area contributed by atoms with Crippen LogP contribution in [0, 0.1) is 0 Å². The molecule has 1 aliphatic heterocycles. The number of pyridine rings is 1. The number of amides is 1. The first-order valence-electron chi connectivity index (χ1n) is 4.82. The van der Waals surface area contributed by atoms with Crippen LogP contribution in [0.15, 0.2) is 22.9 Å². The summed E-state index contributed by atoms with van der Waals surface area (Å²) in [5.41, 5.74) is 0.405. The molecule has 0 aromatic carbocycles. The molecule has 2 rings (SSSR count). The number of aliphatic carboxylic acids is 1. The summed E-state index contributed by atoms with van der Waals surface area (Å²) in [4.78, 5) is 28.4. The fourth-order valence-electron chi connectivity index (χ4n) is 1.52. The summed E-state index contributed by atoms with van der Waals surface area (Å²) in [6.45, 7) is 0. The minimum atomic E-state index is -0.964. The quantitative estimate of drug-likeness (QED) is 0.836. The fraction of sp³-hybridized carbons (Fsp3) is 0.300. The lowest BCUT2D eigenvalue weighted by Crippen LogP contribution is -2.41. The van der Waals surface area contributed by atoms with Crippen molar-refractivity contribution in [3.63, 3.8) is 0 Å². The zero-order chi connectivity index (χ0) is 12.4. The first kappa shape index (κ1) is 12.4. The van der Waals surface area contributed by atoms with Gasteiger partial charge in [0.2, 0.25) is 0 Å². The normalized spacial score (nSPS) is 19.4. The van der Waals surface area contributed by atoms with Crippen LogP contribution in [-0.4, -0.2) is 44.5 Å². The second-order valence-corrected chi connectivity index (χ2v) is 5.31. The largest absolute Gasteiger partial charge is 0.480 e. The van der Waals surface area contributed by atoms with Gasteiger partial charge in [0.25, 0.3) is 5.91 Å². The molecular formula is C10H9BrN2O3S. The Bertz CT molecular complexity index is 451. The van der Waals surface area contributed by atoms with E-state index in [-0.39, 0.29) is 5.91 Å². The number of hydrogen-bond donors (Lipinski definition) is 1. The van der Waals surface area contributed by atoms with Gasteiger partial charge in [-0.25, -0.2) is 9.78 Å². The van der Waals surface area contributed by atoms with Gasteiger partial charge < -0.3 is 10.0 Å². The van der Waals surface area contributed by atoms with Crippen molar-refractivity contribution >= 4 is 39.6 Å². The highest BCUT2D eigenvalue weighted by Gasteiger charge is 2.34. The summed E-state index contributed by atoms with van der Waals surface area (Å²) in [6, 6.07) is 2.55. The third-order valence-electron chi connectivity index (χ3n) is 2.40. The summed E-state index contributed by atoms with van der Waals surface area (Å²) in [5, 5.41) is 8.99. The molecule has 0 aliphatic carbocycles. The van der Waals surface area contributed by atoms with E-state index >= 15 is 0 Å². The van der Waals surface area contributed by atoms with Gasteiger partial charge in [0.15, 0.2) is 0 Å². The van der Waals surface area contributed by atoms with Crippen molar-refractivity contribution < 1.29 is 14.7 Å². The van der Waals surface area contributed by atoms with Crippen molar-refractivity contribution in [2.45, 2.75) is 6.04 Å². The van der Waals surface area contributed by atoms with Crippen LogP contribution >= 0.6 is 27.7 Å². The van der Waals surface area contributed by atoms with Crippen LogP contribution in [0.3, 0.4) is 0 Å². The maximum absolute atomic E-state index is 12.1. The zero-order valence-electron chi connectivity index (χ0n) is 8.67. The van der Waals surface area contributed by atoms with Crippen molar-refractivity contribution in [3.05, 3.63) is 28.5 Å². The summed E-state index contributed by atoms with van der Waals surface area (Å²) < 4.78 is 0.639. The number of nitrogens with zero attached hydrogens (tertiary/aromatic N) is 2. The molecule has 0 radical (unpaired) electrons.